The zero-order valence-electron chi connectivity index (χ0n) is 10.3. The van der Waals surface area contributed by atoms with Crippen molar-refractivity contribution in [3.05, 3.63) is 0 Å². The van der Waals surface area contributed by atoms with E-state index in [1.807, 2.05) is 13.8 Å². The minimum atomic E-state index is -0.569. The summed E-state index contributed by atoms with van der Waals surface area (Å²) in [7, 11) is 0. The average molecular weight is 231 g/mol. The molecule has 0 amide bonds. The number of rotatable bonds is 6. The minimum absolute atomic E-state index is 0. The van der Waals surface area contributed by atoms with Crippen LogP contribution in [0.5, 0.6) is 0 Å². The quantitative estimate of drug-likeness (QED) is 0.559. The third-order valence-electron chi connectivity index (χ3n) is 1.11. The molecular weight excluding hydrogens is 208 g/mol. The summed E-state index contributed by atoms with van der Waals surface area (Å²) in [6, 6.07) is 0. The van der Waals surface area contributed by atoms with E-state index in [-0.39, 0.29) is 23.1 Å². The van der Waals surface area contributed by atoms with Crippen LogP contribution in [0.1, 0.15) is 27.7 Å². The van der Waals surface area contributed by atoms with Crippen LogP contribution < -0.4 is 10.2 Å². The summed E-state index contributed by atoms with van der Waals surface area (Å²) in [4.78, 5) is 0. The Kier molecular flexibility index (Phi) is 23.8. The van der Waals surface area contributed by atoms with Crippen LogP contribution in [0, 0.1) is 0 Å². The molecule has 0 aromatic rings. The Balaban J connectivity index is -0.000000180. The van der Waals surface area contributed by atoms with Gasteiger partial charge >= 0.3 is 23.1 Å². The van der Waals surface area contributed by atoms with Gasteiger partial charge in [-0.05, 0) is 13.8 Å². The molecule has 0 radical (unpaired) electrons. The normalized spacial score (nSPS) is 13.2. The van der Waals surface area contributed by atoms with Crippen LogP contribution in [0.3, 0.4) is 0 Å². The maximum atomic E-state index is 10.2. The molecule has 0 bridgehead atoms. The van der Waals surface area contributed by atoms with E-state index in [1.165, 1.54) is 0 Å². The van der Waals surface area contributed by atoms with Crippen LogP contribution in [0.15, 0.2) is 0 Å². The van der Waals surface area contributed by atoms with Crippen LogP contribution in [-0.4, -0.2) is 61.7 Å². The molecule has 2 atom stereocenters. The van der Waals surface area contributed by atoms with Crippen molar-refractivity contribution < 1.29 is 19.7 Å². The second-order valence-corrected chi connectivity index (χ2v) is 2.94. The third kappa shape index (κ3) is 31.3. The molecule has 0 spiro atoms. The second kappa shape index (κ2) is 17.0. The Morgan fingerprint density at radius 2 is 1.13 bits per heavy atom. The van der Waals surface area contributed by atoms with E-state index >= 15 is 0 Å². The molecule has 0 aliphatic heterocycles. The van der Waals surface area contributed by atoms with Gasteiger partial charge in [0.05, 0.1) is 0 Å². The van der Waals surface area contributed by atoms with Crippen molar-refractivity contribution in [3.8, 4) is 0 Å². The molecule has 0 saturated heterocycles. The molecule has 0 heterocycles. The summed E-state index contributed by atoms with van der Waals surface area (Å²) in [5.74, 6) is 0. The SMILES string of the molecule is CCOCC(C)[O-].CCOCC(C)[O-].[Mg+2]. The van der Waals surface area contributed by atoms with Crippen molar-refractivity contribution >= 4 is 23.1 Å². The van der Waals surface area contributed by atoms with Gasteiger partial charge in [0.1, 0.15) is 0 Å². The molecule has 0 saturated carbocycles. The van der Waals surface area contributed by atoms with Gasteiger partial charge in [-0.1, -0.05) is 13.8 Å². The Bertz CT molecular complexity index is 87.4. The predicted molar refractivity (Wildman–Crippen MR) is 57.7 cm³/mol. The molecule has 0 aliphatic rings. The topological polar surface area (TPSA) is 64.6 Å². The van der Waals surface area contributed by atoms with Crippen molar-refractivity contribution in [2.45, 2.75) is 39.9 Å². The fourth-order valence-electron chi connectivity index (χ4n) is 0.568. The van der Waals surface area contributed by atoms with Gasteiger partial charge in [0, 0.05) is 26.4 Å². The minimum Gasteiger partial charge on any atom is -0.851 e. The molecule has 0 aromatic heterocycles. The largest absolute Gasteiger partial charge is 2.00 e. The van der Waals surface area contributed by atoms with Gasteiger partial charge in [-0.3, -0.25) is 0 Å². The number of hydrogen-bond acceptors (Lipinski definition) is 4. The first-order valence-corrected chi connectivity index (χ1v) is 5.01. The Labute approximate surface area is 109 Å². The fraction of sp³-hybridized carbons (Fsp3) is 1.00. The van der Waals surface area contributed by atoms with Gasteiger partial charge in [-0.15, -0.1) is 12.2 Å². The predicted octanol–water partition coefficient (Wildman–Crippen LogP) is -0.837. The van der Waals surface area contributed by atoms with E-state index in [1.54, 1.807) is 13.8 Å². The van der Waals surface area contributed by atoms with E-state index in [2.05, 4.69) is 0 Å². The zero-order valence-corrected chi connectivity index (χ0v) is 11.7. The summed E-state index contributed by atoms with van der Waals surface area (Å²) in [6.45, 7) is 8.92. The van der Waals surface area contributed by atoms with Gasteiger partial charge in [-0.25, -0.2) is 0 Å². The van der Waals surface area contributed by atoms with Crippen LogP contribution in [-0.2, 0) is 9.47 Å². The second-order valence-electron chi connectivity index (χ2n) is 2.94. The average Bonchev–Trinajstić information content (AvgIpc) is 2.12. The smallest absolute Gasteiger partial charge is 0.851 e. The van der Waals surface area contributed by atoms with Gasteiger partial charge in [0.25, 0.3) is 0 Å². The van der Waals surface area contributed by atoms with Crippen LogP contribution in [0.4, 0.5) is 0 Å². The zero-order chi connectivity index (χ0) is 11.4. The molecule has 0 fully saturated rings. The van der Waals surface area contributed by atoms with Crippen molar-refractivity contribution in [2.75, 3.05) is 26.4 Å². The summed E-state index contributed by atoms with van der Waals surface area (Å²) in [5, 5.41) is 20.3. The third-order valence-corrected chi connectivity index (χ3v) is 1.11. The molecular formula is C10H22MgO4. The van der Waals surface area contributed by atoms with Crippen LogP contribution in [0.25, 0.3) is 0 Å². The summed E-state index contributed by atoms with van der Waals surface area (Å²) >= 11 is 0. The summed E-state index contributed by atoms with van der Waals surface area (Å²) < 4.78 is 9.56. The van der Waals surface area contributed by atoms with E-state index in [0.717, 1.165) is 0 Å². The van der Waals surface area contributed by atoms with Gasteiger partial charge < -0.3 is 19.7 Å². The van der Waals surface area contributed by atoms with Crippen molar-refractivity contribution in [1.82, 2.24) is 0 Å². The van der Waals surface area contributed by atoms with E-state index in [0.29, 0.717) is 26.4 Å². The molecule has 0 rings (SSSR count). The maximum absolute atomic E-state index is 10.2. The number of ether oxygens (including phenoxy) is 2. The first-order chi connectivity index (χ1) is 6.54. The molecule has 0 N–H and O–H groups in total. The van der Waals surface area contributed by atoms with Crippen LogP contribution >= 0.6 is 0 Å². The first kappa shape index (κ1) is 21.0. The first-order valence-electron chi connectivity index (χ1n) is 5.01. The van der Waals surface area contributed by atoms with Crippen molar-refractivity contribution in [1.29, 1.82) is 0 Å². The van der Waals surface area contributed by atoms with Gasteiger partial charge in [0.2, 0.25) is 0 Å². The van der Waals surface area contributed by atoms with Crippen molar-refractivity contribution in [3.63, 3.8) is 0 Å². The standard InChI is InChI=1S/2C5H11O2.Mg/c2*1-3-7-4-5(2)6;/h2*5H,3-4H2,1-2H3;/q2*-1;+2. The number of hydrogen-bond donors (Lipinski definition) is 0. The van der Waals surface area contributed by atoms with Crippen molar-refractivity contribution in [2.24, 2.45) is 0 Å². The molecule has 2 unspecified atom stereocenters. The Hall–Kier alpha value is 0.606. The molecule has 15 heavy (non-hydrogen) atoms. The van der Waals surface area contributed by atoms with E-state index < -0.39 is 12.2 Å². The van der Waals surface area contributed by atoms with E-state index in [4.69, 9.17) is 9.47 Å². The van der Waals surface area contributed by atoms with Gasteiger partial charge in [0.15, 0.2) is 0 Å². The summed E-state index contributed by atoms with van der Waals surface area (Å²) in [5.41, 5.74) is 0. The summed E-state index contributed by atoms with van der Waals surface area (Å²) in [6.07, 6.45) is -1.14. The molecule has 0 aromatic carbocycles. The monoisotopic (exact) mass is 230 g/mol. The fourth-order valence-corrected chi connectivity index (χ4v) is 0.568. The molecule has 0 aliphatic carbocycles. The maximum Gasteiger partial charge on any atom is 2.00 e. The van der Waals surface area contributed by atoms with E-state index in [9.17, 15) is 10.2 Å². The Morgan fingerprint density at radius 3 is 1.20 bits per heavy atom. The molecule has 5 heteroatoms. The Morgan fingerprint density at radius 1 is 0.867 bits per heavy atom. The molecule has 4 nitrogen and oxygen atoms in total. The van der Waals surface area contributed by atoms with Gasteiger partial charge in [-0.2, -0.15) is 0 Å². The van der Waals surface area contributed by atoms with Crippen LogP contribution in [0.2, 0.25) is 0 Å². The molecule has 88 valence electrons.